The van der Waals surface area contributed by atoms with Crippen LogP contribution in [0.15, 0.2) is 47.6 Å². The summed E-state index contributed by atoms with van der Waals surface area (Å²) in [5, 5.41) is 14.9. The van der Waals surface area contributed by atoms with Gasteiger partial charge in [-0.1, -0.05) is 43.0 Å². The highest BCUT2D eigenvalue weighted by Crippen LogP contribution is 2.20. The summed E-state index contributed by atoms with van der Waals surface area (Å²) in [6.45, 7) is 10.6. The van der Waals surface area contributed by atoms with Gasteiger partial charge in [0.2, 0.25) is 5.91 Å². The van der Waals surface area contributed by atoms with Crippen molar-refractivity contribution in [1.82, 2.24) is 20.1 Å². The van der Waals surface area contributed by atoms with Crippen molar-refractivity contribution in [3.63, 3.8) is 0 Å². The summed E-state index contributed by atoms with van der Waals surface area (Å²) >= 11 is 1.32. The number of nitrogens with one attached hydrogen (secondary N) is 2. The minimum atomic E-state index is -0.650. The van der Waals surface area contributed by atoms with Crippen LogP contribution in [-0.4, -0.2) is 38.4 Å². The molecule has 0 aliphatic rings. The molecule has 1 heterocycles. The third-order valence-electron chi connectivity index (χ3n) is 5.54. The highest BCUT2D eigenvalue weighted by atomic mass is 32.2. The van der Waals surface area contributed by atoms with Gasteiger partial charge in [0, 0.05) is 12.2 Å². The minimum Gasteiger partial charge on any atom is -0.481 e. The van der Waals surface area contributed by atoms with Gasteiger partial charge in [-0.3, -0.25) is 9.59 Å². The van der Waals surface area contributed by atoms with Gasteiger partial charge in [0.15, 0.2) is 17.1 Å². The number of carbonyl (C=O) groups is 2. The number of anilines is 1. The number of aromatic nitrogens is 3. The van der Waals surface area contributed by atoms with E-state index in [0.29, 0.717) is 23.3 Å². The van der Waals surface area contributed by atoms with Gasteiger partial charge in [-0.25, -0.2) is 0 Å². The fourth-order valence-electron chi connectivity index (χ4n) is 3.43. The lowest BCUT2D eigenvalue weighted by Gasteiger charge is -2.15. The largest absolute Gasteiger partial charge is 0.481 e. The van der Waals surface area contributed by atoms with Crippen molar-refractivity contribution in [2.45, 2.75) is 65.4 Å². The summed E-state index contributed by atoms with van der Waals surface area (Å²) in [6.07, 6.45) is 0.300. The number of nitrogens with zero attached hydrogens (tertiary/aromatic N) is 3. The maximum Gasteiger partial charge on any atom is 0.261 e. The number of thioether (sulfide) groups is 1. The minimum absolute atomic E-state index is 0.109. The first-order valence-electron chi connectivity index (χ1n) is 11.8. The van der Waals surface area contributed by atoms with Crippen molar-refractivity contribution < 1.29 is 14.3 Å². The summed E-state index contributed by atoms with van der Waals surface area (Å²) in [5.74, 6) is 1.14. The van der Waals surface area contributed by atoms with Crippen LogP contribution < -0.4 is 15.4 Å². The first-order chi connectivity index (χ1) is 16.8. The standard InChI is InChI=1S/C26H33N5O3S/c1-6-20-10-12-21(13-11-20)34-19(5)25(33)27-15-23-29-30-26(31(23)7-2)35-16-24(32)28-22-14-17(3)8-9-18(22)4/h8-14,19H,6-7,15-16H2,1-5H3,(H,27,33)(H,28,32)/t19-/m0/s1. The van der Waals surface area contributed by atoms with E-state index in [1.807, 2.05) is 67.8 Å². The van der Waals surface area contributed by atoms with E-state index >= 15 is 0 Å². The predicted octanol–water partition coefficient (Wildman–Crippen LogP) is 4.29. The van der Waals surface area contributed by atoms with Crippen LogP contribution in [0.2, 0.25) is 0 Å². The SMILES string of the molecule is CCc1ccc(O[C@@H](C)C(=O)NCc2nnc(SCC(=O)Nc3cc(C)ccc3C)n2CC)cc1. The molecular formula is C26H33N5O3S. The van der Waals surface area contributed by atoms with Crippen molar-refractivity contribution in [1.29, 1.82) is 0 Å². The molecule has 1 aromatic heterocycles. The third kappa shape index (κ3) is 7.32. The smallest absolute Gasteiger partial charge is 0.261 e. The fourth-order valence-corrected chi connectivity index (χ4v) is 4.25. The number of carbonyl (C=O) groups excluding carboxylic acids is 2. The monoisotopic (exact) mass is 495 g/mol. The maximum absolute atomic E-state index is 12.5. The van der Waals surface area contributed by atoms with E-state index in [1.165, 1.54) is 17.3 Å². The van der Waals surface area contributed by atoms with Gasteiger partial charge in [-0.2, -0.15) is 0 Å². The van der Waals surface area contributed by atoms with Crippen molar-refractivity contribution >= 4 is 29.3 Å². The molecule has 2 amide bonds. The Morgan fingerprint density at radius 2 is 1.83 bits per heavy atom. The summed E-state index contributed by atoms with van der Waals surface area (Å²) in [4.78, 5) is 25.0. The highest BCUT2D eigenvalue weighted by Gasteiger charge is 2.18. The number of amides is 2. The van der Waals surface area contributed by atoms with Crippen molar-refractivity contribution in [2.75, 3.05) is 11.1 Å². The molecule has 0 fully saturated rings. The van der Waals surface area contributed by atoms with Crippen LogP contribution in [0.3, 0.4) is 0 Å². The summed E-state index contributed by atoms with van der Waals surface area (Å²) < 4.78 is 7.65. The third-order valence-corrected chi connectivity index (χ3v) is 6.51. The molecule has 0 bridgehead atoms. The van der Waals surface area contributed by atoms with Crippen LogP contribution in [-0.2, 0) is 29.1 Å². The Morgan fingerprint density at radius 1 is 1.09 bits per heavy atom. The molecule has 0 radical (unpaired) electrons. The maximum atomic E-state index is 12.5. The molecule has 0 saturated carbocycles. The van der Waals surface area contributed by atoms with Gasteiger partial charge >= 0.3 is 0 Å². The van der Waals surface area contributed by atoms with Crippen LogP contribution in [0, 0.1) is 13.8 Å². The van der Waals surface area contributed by atoms with Crippen molar-refractivity contribution in [2.24, 2.45) is 0 Å². The number of benzene rings is 2. The lowest BCUT2D eigenvalue weighted by molar-refractivity contribution is -0.127. The summed E-state index contributed by atoms with van der Waals surface area (Å²) in [5.41, 5.74) is 4.13. The van der Waals surface area contributed by atoms with E-state index in [-0.39, 0.29) is 24.1 Å². The molecule has 0 spiro atoms. The molecule has 35 heavy (non-hydrogen) atoms. The molecule has 2 N–H and O–H groups in total. The van der Waals surface area contributed by atoms with E-state index in [0.717, 1.165) is 23.2 Å². The Hall–Kier alpha value is -3.33. The van der Waals surface area contributed by atoms with E-state index in [4.69, 9.17) is 4.74 Å². The number of hydrogen-bond donors (Lipinski definition) is 2. The average Bonchev–Trinajstić information content (AvgIpc) is 3.25. The molecule has 0 unspecified atom stereocenters. The number of rotatable bonds is 11. The molecular weight excluding hydrogens is 462 g/mol. The van der Waals surface area contributed by atoms with E-state index in [1.54, 1.807) is 6.92 Å². The lowest BCUT2D eigenvalue weighted by Crippen LogP contribution is -2.36. The first kappa shape index (κ1) is 26.3. The van der Waals surface area contributed by atoms with E-state index < -0.39 is 6.10 Å². The van der Waals surface area contributed by atoms with Gasteiger partial charge in [-0.05, 0) is 69.0 Å². The second-order valence-corrected chi connectivity index (χ2v) is 9.22. The number of hydrogen-bond acceptors (Lipinski definition) is 6. The molecule has 2 aromatic carbocycles. The molecule has 0 aliphatic carbocycles. The van der Waals surface area contributed by atoms with Crippen LogP contribution in [0.4, 0.5) is 5.69 Å². The molecule has 8 nitrogen and oxygen atoms in total. The highest BCUT2D eigenvalue weighted by molar-refractivity contribution is 7.99. The number of ether oxygens (including phenoxy) is 1. The molecule has 186 valence electrons. The van der Waals surface area contributed by atoms with Gasteiger partial charge in [0.1, 0.15) is 5.75 Å². The zero-order valence-corrected chi connectivity index (χ0v) is 21.7. The Morgan fingerprint density at radius 3 is 2.51 bits per heavy atom. The molecule has 0 aliphatic heterocycles. The lowest BCUT2D eigenvalue weighted by atomic mass is 10.1. The van der Waals surface area contributed by atoms with Crippen LogP contribution in [0.5, 0.6) is 5.75 Å². The normalized spacial score (nSPS) is 11.7. The zero-order valence-electron chi connectivity index (χ0n) is 20.9. The second-order valence-electron chi connectivity index (χ2n) is 8.27. The quantitative estimate of drug-likeness (QED) is 0.385. The van der Waals surface area contributed by atoms with Crippen LogP contribution >= 0.6 is 11.8 Å². The average molecular weight is 496 g/mol. The first-order valence-corrected chi connectivity index (χ1v) is 12.7. The topological polar surface area (TPSA) is 98.1 Å². The Bertz CT molecular complexity index is 1160. The molecule has 3 aromatic rings. The van der Waals surface area contributed by atoms with Crippen LogP contribution in [0.1, 0.15) is 43.3 Å². The molecule has 9 heteroatoms. The summed E-state index contributed by atoms with van der Waals surface area (Å²) in [7, 11) is 0. The molecule has 1 atom stereocenters. The van der Waals surface area contributed by atoms with E-state index in [2.05, 4.69) is 27.8 Å². The van der Waals surface area contributed by atoms with Crippen LogP contribution in [0.25, 0.3) is 0 Å². The zero-order chi connectivity index (χ0) is 25.4. The van der Waals surface area contributed by atoms with Crippen molar-refractivity contribution in [3.05, 3.63) is 65.0 Å². The van der Waals surface area contributed by atoms with Gasteiger partial charge in [0.25, 0.3) is 5.91 Å². The Labute approximate surface area is 210 Å². The van der Waals surface area contributed by atoms with Gasteiger partial charge < -0.3 is 19.9 Å². The molecule has 3 rings (SSSR count). The van der Waals surface area contributed by atoms with Gasteiger partial charge in [0.05, 0.1) is 12.3 Å². The predicted molar refractivity (Wildman–Crippen MR) is 139 cm³/mol. The Kier molecular flexibility index (Phi) is 9.31. The summed E-state index contributed by atoms with van der Waals surface area (Å²) in [6, 6.07) is 13.7. The number of aryl methyl sites for hydroxylation is 3. The van der Waals surface area contributed by atoms with Crippen molar-refractivity contribution in [3.8, 4) is 5.75 Å². The fraction of sp³-hybridized carbons (Fsp3) is 0.385. The second kappa shape index (κ2) is 12.4. The van der Waals surface area contributed by atoms with E-state index in [9.17, 15) is 9.59 Å². The molecule has 0 saturated heterocycles. The Balaban J connectivity index is 1.52. The van der Waals surface area contributed by atoms with Gasteiger partial charge in [-0.15, -0.1) is 10.2 Å².